The molecule has 2 unspecified atom stereocenters. The van der Waals surface area contributed by atoms with Crippen LogP contribution in [0.5, 0.6) is 5.75 Å². The highest BCUT2D eigenvalue weighted by atomic mass is 16.5. The van der Waals surface area contributed by atoms with Crippen molar-refractivity contribution in [2.75, 3.05) is 18.6 Å². The summed E-state index contributed by atoms with van der Waals surface area (Å²) in [4.78, 5) is 35.2. The fourth-order valence-corrected chi connectivity index (χ4v) is 4.06. The number of H-pyrrole nitrogens is 1. The number of rotatable bonds is 7. The van der Waals surface area contributed by atoms with Gasteiger partial charge in [0.05, 0.1) is 36.6 Å². The summed E-state index contributed by atoms with van der Waals surface area (Å²) in [6, 6.07) is 15.4. The zero-order valence-corrected chi connectivity index (χ0v) is 18.6. The monoisotopic (exact) mass is 432 g/mol. The Morgan fingerprint density at radius 1 is 1.28 bits per heavy atom. The Morgan fingerprint density at radius 3 is 2.78 bits per heavy atom. The van der Waals surface area contributed by atoms with Crippen molar-refractivity contribution in [1.29, 1.82) is 0 Å². The predicted octanol–water partition coefficient (Wildman–Crippen LogP) is 4.01. The summed E-state index contributed by atoms with van der Waals surface area (Å²) in [5.74, 6) is 0.690. The van der Waals surface area contributed by atoms with Crippen LogP contribution in [-0.2, 0) is 9.59 Å². The molecule has 1 aromatic heterocycles. The zero-order valence-electron chi connectivity index (χ0n) is 18.6. The number of aromatic nitrogens is 2. The average Bonchev–Trinajstić information content (AvgIpc) is 3.45. The molecule has 1 fully saturated rings. The molecule has 166 valence electrons. The number of imidazole rings is 1. The molecule has 2 heterocycles. The van der Waals surface area contributed by atoms with Gasteiger partial charge < -0.3 is 19.9 Å². The van der Waals surface area contributed by atoms with Gasteiger partial charge in [0.15, 0.2) is 0 Å². The molecule has 0 bridgehead atoms. The first-order chi connectivity index (χ1) is 15.5. The number of nitrogens with one attached hydrogen (secondary N) is 2. The second-order valence-corrected chi connectivity index (χ2v) is 8.10. The van der Waals surface area contributed by atoms with Gasteiger partial charge in [-0.15, -0.1) is 0 Å². The summed E-state index contributed by atoms with van der Waals surface area (Å²) in [5.41, 5.74) is 3.68. The standard InChI is InChI=1S/C25H28N4O3/c1-4-19(24-26-14-20(27-24)17-8-6-5-7-9-17)28-25(31)18-13-23(30)29(15-18)21-12-16(2)10-11-22(21)32-3/h5-12,14,18-19H,4,13,15H2,1-3H3,(H,26,27)(H,28,31). The van der Waals surface area contributed by atoms with Gasteiger partial charge in [0.25, 0.3) is 0 Å². The molecule has 4 rings (SSSR count). The van der Waals surface area contributed by atoms with E-state index in [1.165, 1.54) is 0 Å². The summed E-state index contributed by atoms with van der Waals surface area (Å²) in [6.45, 7) is 4.29. The molecule has 0 saturated carbocycles. The number of carbonyl (C=O) groups excluding carboxylic acids is 2. The maximum Gasteiger partial charge on any atom is 0.227 e. The number of hydrogen-bond donors (Lipinski definition) is 2. The molecular formula is C25H28N4O3. The van der Waals surface area contributed by atoms with Crippen LogP contribution >= 0.6 is 0 Å². The molecule has 32 heavy (non-hydrogen) atoms. The molecule has 2 N–H and O–H groups in total. The molecule has 0 aliphatic carbocycles. The van der Waals surface area contributed by atoms with E-state index in [2.05, 4.69) is 15.3 Å². The summed E-state index contributed by atoms with van der Waals surface area (Å²) in [5, 5.41) is 3.08. The number of carbonyl (C=O) groups is 2. The fourth-order valence-electron chi connectivity index (χ4n) is 4.06. The number of nitrogens with zero attached hydrogens (tertiary/aromatic N) is 2. The smallest absolute Gasteiger partial charge is 0.227 e. The van der Waals surface area contributed by atoms with Gasteiger partial charge in [-0.3, -0.25) is 9.59 Å². The highest BCUT2D eigenvalue weighted by Crippen LogP contribution is 2.34. The van der Waals surface area contributed by atoms with E-state index < -0.39 is 5.92 Å². The molecule has 1 aliphatic rings. The minimum Gasteiger partial charge on any atom is -0.495 e. The Bertz CT molecular complexity index is 1110. The summed E-state index contributed by atoms with van der Waals surface area (Å²) < 4.78 is 5.43. The largest absolute Gasteiger partial charge is 0.495 e. The molecule has 2 amide bonds. The van der Waals surface area contributed by atoms with Crippen LogP contribution in [-0.4, -0.2) is 35.4 Å². The van der Waals surface area contributed by atoms with E-state index in [1.54, 1.807) is 18.2 Å². The SMILES string of the molecule is CCC(NC(=O)C1CC(=O)N(c2cc(C)ccc2OC)C1)c1ncc(-c2ccccc2)[nH]1. The highest BCUT2D eigenvalue weighted by molar-refractivity contribution is 6.01. The Labute approximate surface area is 187 Å². The first kappa shape index (κ1) is 21.6. The number of aromatic amines is 1. The third kappa shape index (κ3) is 4.37. The number of benzene rings is 2. The third-order valence-corrected chi connectivity index (χ3v) is 5.86. The van der Waals surface area contributed by atoms with Crippen LogP contribution in [0, 0.1) is 12.8 Å². The first-order valence-electron chi connectivity index (χ1n) is 10.9. The van der Waals surface area contributed by atoms with Crippen LogP contribution < -0.4 is 15.0 Å². The van der Waals surface area contributed by atoms with Gasteiger partial charge in [-0.1, -0.05) is 43.3 Å². The van der Waals surface area contributed by atoms with Gasteiger partial charge in [0.2, 0.25) is 11.8 Å². The van der Waals surface area contributed by atoms with E-state index in [-0.39, 0.29) is 24.3 Å². The van der Waals surface area contributed by atoms with E-state index in [9.17, 15) is 9.59 Å². The summed E-state index contributed by atoms with van der Waals surface area (Å²) >= 11 is 0. The molecule has 7 heteroatoms. The van der Waals surface area contributed by atoms with E-state index >= 15 is 0 Å². The van der Waals surface area contributed by atoms with E-state index in [1.807, 2.05) is 62.4 Å². The molecule has 7 nitrogen and oxygen atoms in total. The number of amides is 2. The maximum absolute atomic E-state index is 13.0. The predicted molar refractivity (Wildman–Crippen MR) is 123 cm³/mol. The average molecular weight is 433 g/mol. The summed E-state index contributed by atoms with van der Waals surface area (Å²) in [7, 11) is 1.58. The Kier molecular flexibility index (Phi) is 6.25. The lowest BCUT2D eigenvalue weighted by Crippen LogP contribution is -2.35. The van der Waals surface area contributed by atoms with Crippen molar-refractivity contribution in [3.8, 4) is 17.0 Å². The minimum absolute atomic E-state index is 0.0774. The zero-order chi connectivity index (χ0) is 22.7. The molecule has 3 aromatic rings. The molecule has 2 aromatic carbocycles. The first-order valence-corrected chi connectivity index (χ1v) is 10.9. The number of ether oxygens (including phenoxy) is 1. The second-order valence-electron chi connectivity index (χ2n) is 8.10. The van der Waals surface area contributed by atoms with Crippen molar-refractivity contribution in [3.63, 3.8) is 0 Å². The van der Waals surface area contributed by atoms with Crippen molar-refractivity contribution in [3.05, 3.63) is 66.1 Å². The van der Waals surface area contributed by atoms with E-state index in [4.69, 9.17) is 4.74 Å². The molecule has 2 atom stereocenters. The van der Waals surface area contributed by atoms with Gasteiger partial charge in [-0.25, -0.2) is 4.98 Å². The normalized spacial score (nSPS) is 16.8. The van der Waals surface area contributed by atoms with Crippen molar-refractivity contribution < 1.29 is 14.3 Å². The molecule has 1 aliphatic heterocycles. The van der Waals surface area contributed by atoms with E-state index in [0.29, 0.717) is 30.2 Å². The number of aryl methyl sites for hydroxylation is 1. The molecule has 0 spiro atoms. The highest BCUT2D eigenvalue weighted by Gasteiger charge is 2.37. The molecule has 0 radical (unpaired) electrons. The number of methoxy groups -OCH3 is 1. The lowest BCUT2D eigenvalue weighted by molar-refractivity contribution is -0.127. The molecular weight excluding hydrogens is 404 g/mol. The van der Waals surface area contributed by atoms with Crippen LogP contribution in [0.15, 0.2) is 54.7 Å². The van der Waals surface area contributed by atoms with Gasteiger partial charge in [0.1, 0.15) is 11.6 Å². The van der Waals surface area contributed by atoms with Crippen LogP contribution in [0.3, 0.4) is 0 Å². The van der Waals surface area contributed by atoms with Crippen molar-refractivity contribution in [2.24, 2.45) is 5.92 Å². The lowest BCUT2D eigenvalue weighted by atomic mass is 10.1. The van der Waals surface area contributed by atoms with Gasteiger partial charge in [-0.2, -0.15) is 0 Å². The fraction of sp³-hybridized carbons (Fsp3) is 0.320. The van der Waals surface area contributed by atoms with Gasteiger partial charge in [0, 0.05) is 13.0 Å². The van der Waals surface area contributed by atoms with Crippen molar-refractivity contribution in [2.45, 2.75) is 32.7 Å². The topological polar surface area (TPSA) is 87.3 Å². The van der Waals surface area contributed by atoms with Crippen molar-refractivity contribution in [1.82, 2.24) is 15.3 Å². The van der Waals surface area contributed by atoms with Crippen LogP contribution in [0.1, 0.15) is 37.2 Å². The second kappa shape index (κ2) is 9.26. The van der Waals surface area contributed by atoms with Gasteiger partial charge >= 0.3 is 0 Å². The lowest BCUT2D eigenvalue weighted by Gasteiger charge is -2.21. The number of anilines is 1. The minimum atomic E-state index is -0.426. The Balaban J connectivity index is 1.46. The molecule has 1 saturated heterocycles. The third-order valence-electron chi connectivity index (χ3n) is 5.86. The quantitative estimate of drug-likeness (QED) is 0.590. The Morgan fingerprint density at radius 2 is 2.06 bits per heavy atom. The van der Waals surface area contributed by atoms with Crippen LogP contribution in [0.25, 0.3) is 11.3 Å². The summed E-state index contributed by atoms with van der Waals surface area (Å²) in [6.07, 6.45) is 2.64. The van der Waals surface area contributed by atoms with Crippen LogP contribution in [0.4, 0.5) is 5.69 Å². The maximum atomic E-state index is 13.0. The van der Waals surface area contributed by atoms with Crippen LogP contribution in [0.2, 0.25) is 0 Å². The van der Waals surface area contributed by atoms with Gasteiger partial charge in [-0.05, 0) is 36.6 Å². The van der Waals surface area contributed by atoms with Crippen molar-refractivity contribution >= 4 is 17.5 Å². The van der Waals surface area contributed by atoms with E-state index in [0.717, 1.165) is 16.8 Å². The number of hydrogen-bond acceptors (Lipinski definition) is 4. The Hall–Kier alpha value is -3.61.